The van der Waals surface area contributed by atoms with E-state index in [1.165, 1.54) is 0 Å². The van der Waals surface area contributed by atoms with Crippen LogP contribution in [0.4, 0.5) is 4.79 Å². The van der Waals surface area contributed by atoms with Gasteiger partial charge in [-0.25, -0.2) is 9.78 Å². The molecule has 1 aliphatic heterocycles. The van der Waals surface area contributed by atoms with E-state index in [1.807, 2.05) is 45.0 Å². The number of nitrogens with zero attached hydrogens (tertiary/aromatic N) is 2. The van der Waals surface area contributed by atoms with E-state index in [-0.39, 0.29) is 12.1 Å². The minimum Gasteiger partial charge on any atom is -0.481 e. The van der Waals surface area contributed by atoms with Gasteiger partial charge in [-0.3, -0.25) is 0 Å². The third-order valence-corrected chi connectivity index (χ3v) is 5.81. The Bertz CT molecular complexity index is 892. The number of aliphatic hydroxyl groups is 1. The van der Waals surface area contributed by atoms with E-state index in [0.717, 1.165) is 46.9 Å². The molecule has 8 heteroatoms. The van der Waals surface area contributed by atoms with Crippen molar-refractivity contribution >= 4 is 32.9 Å². The lowest BCUT2D eigenvalue weighted by molar-refractivity contribution is 0.0459. The minimum atomic E-state index is -0.671. The lowest BCUT2D eigenvalue weighted by Gasteiger charge is -2.34. The number of nitrogens with one attached hydrogen (secondary N) is 1. The standard InChI is InChI=1S/C22H30BrN3O4/c1-22(2,3)30-21(28)24-14-9-11-26(12-10-14)13-18(27)16-5-7-17(23)15-6-8-19(29-4)25-20(15)16/h5-8,14,18,27H,9-13H2,1-4H3,(H,24,28). The first-order valence-electron chi connectivity index (χ1n) is 10.2. The smallest absolute Gasteiger partial charge is 0.407 e. The van der Waals surface area contributed by atoms with Crippen LogP contribution in [0.25, 0.3) is 10.9 Å². The number of piperidine rings is 1. The van der Waals surface area contributed by atoms with Crippen LogP contribution >= 0.6 is 15.9 Å². The van der Waals surface area contributed by atoms with E-state index < -0.39 is 11.7 Å². The van der Waals surface area contributed by atoms with E-state index in [0.29, 0.717) is 12.4 Å². The fourth-order valence-electron chi connectivity index (χ4n) is 3.65. The van der Waals surface area contributed by atoms with Gasteiger partial charge in [-0.2, -0.15) is 0 Å². The van der Waals surface area contributed by atoms with Crippen LogP contribution in [0, 0.1) is 0 Å². The molecule has 1 aliphatic rings. The molecule has 1 aromatic carbocycles. The fourth-order valence-corrected chi connectivity index (χ4v) is 4.10. The Kier molecular flexibility index (Phi) is 7.21. The Morgan fingerprint density at radius 1 is 1.30 bits per heavy atom. The summed E-state index contributed by atoms with van der Waals surface area (Å²) in [5, 5.41) is 14.8. The molecular formula is C22H30BrN3O4. The summed E-state index contributed by atoms with van der Waals surface area (Å²) in [6.07, 6.45) is 0.594. The van der Waals surface area contributed by atoms with E-state index in [2.05, 4.69) is 31.1 Å². The first-order valence-corrected chi connectivity index (χ1v) is 11.0. The summed E-state index contributed by atoms with van der Waals surface area (Å²) < 4.78 is 11.5. The van der Waals surface area contributed by atoms with Gasteiger partial charge in [0.05, 0.1) is 18.7 Å². The maximum Gasteiger partial charge on any atom is 0.407 e. The quantitative estimate of drug-likeness (QED) is 0.673. The van der Waals surface area contributed by atoms with Crippen molar-refractivity contribution < 1.29 is 19.4 Å². The molecule has 0 radical (unpaired) electrons. The van der Waals surface area contributed by atoms with Gasteiger partial charge < -0.3 is 24.8 Å². The number of hydrogen-bond donors (Lipinski definition) is 2. The van der Waals surface area contributed by atoms with Crippen molar-refractivity contribution in [3.8, 4) is 5.88 Å². The molecule has 1 fully saturated rings. The molecule has 2 aromatic rings. The van der Waals surface area contributed by atoms with E-state index in [4.69, 9.17) is 9.47 Å². The summed E-state index contributed by atoms with van der Waals surface area (Å²) in [4.78, 5) is 18.7. The van der Waals surface area contributed by atoms with Crippen molar-refractivity contribution in [3.05, 3.63) is 34.3 Å². The van der Waals surface area contributed by atoms with Crippen molar-refractivity contribution in [1.82, 2.24) is 15.2 Å². The summed E-state index contributed by atoms with van der Waals surface area (Å²) in [5.74, 6) is 0.517. The first-order chi connectivity index (χ1) is 14.2. The van der Waals surface area contributed by atoms with Crippen LogP contribution in [-0.4, -0.2) is 59.5 Å². The second-order valence-electron chi connectivity index (χ2n) is 8.62. The highest BCUT2D eigenvalue weighted by Gasteiger charge is 2.25. The number of alkyl carbamates (subject to hydrolysis) is 1. The van der Waals surface area contributed by atoms with Crippen LogP contribution in [0.3, 0.4) is 0 Å². The molecule has 1 atom stereocenters. The van der Waals surface area contributed by atoms with Gasteiger partial charge in [0.2, 0.25) is 5.88 Å². The Morgan fingerprint density at radius 3 is 2.63 bits per heavy atom. The number of ether oxygens (including phenoxy) is 2. The topological polar surface area (TPSA) is 83.9 Å². The Balaban J connectivity index is 1.61. The van der Waals surface area contributed by atoms with Gasteiger partial charge in [-0.15, -0.1) is 0 Å². The van der Waals surface area contributed by atoms with Gasteiger partial charge in [0.15, 0.2) is 0 Å². The molecule has 2 N–H and O–H groups in total. The highest BCUT2D eigenvalue weighted by molar-refractivity contribution is 9.10. The van der Waals surface area contributed by atoms with Gasteiger partial charge in [-0.05, 0) is 45.7 Å². The summed E-state index contributed by atoms with van der Waals surface area (Å²) in [6, 6.07) is 7.68. The lowest BCUT2D eigenvalue weighted by atomic mass is 10.0. The van der Waals surface area contributed by atoms with Crippen molar-refractivity contribution in [2.75, 3.05) is 26.7 Å². The SMILES string of the molecule is COc1ccc2c(Br)ccc(C(O)CN3CCC(NC(=O)OC(C)(C)C)CC3)c2n1. The number of hydrogen-bond acceptors (Lipinski definition) is 6. The van der Waals surface area contributed by atoms with Crippen LogP contribution in [0.15, 0.2) is 28.7 Å². The molecule has 1 amide bonds. The largest absolute Gasteiger partial charge is 0.481 e. The predicted octanol–water partition coefficient (Wildman–Crippen LogP) is 4.03. The maximum absolute atomic E-state index is 12.0. The zero-order valence-corrected chi connectivity index (χ0v) is 19.5. The number of rotatable bonds is 5. The number of carbonyl (C=O) groups is 1. The molecule has 0 spiro atoms. The summed E-state index contributed by atoms with van der Waals surface area (Å²) >= 11 is 3.55. The molecule has 1 aromatic heterocycles. The number of likely N-dealkylation sites (tertiary alicyclic amines) is 1. The molecule has 1 unspecified atom stereocenters. The number of fused-ring (bicyclic) bond motifs is 1. The zero-order chi connectivity index (χ0) is 21.9. The summed E-state index contributed by atoms with van der Waals surface area (Å²) in [7, 11) is 1.58. The van der Waals surface area contributed by atoms with Gasteiger partial charge >= 0.3 is 6.09 Å². The number of halogens is 1. The number of amides is 1. The molecule has 0 aliphatic carbocycles. The molecule has 7 nitrogen and oxygen atoms in total. The predicted molar refractivity (Wildman–Crippen MR) is 120 cm³/mol. The molecule has 3 rings (SSSR count). The van der Waals surface area contributed by atoms with E-state index in [9.17, 15) is 9.90 Å². The molecule has 2 heterocycles. The molecular weight excluding hydrogens is 450 g/mol. The minimum absolute atomic E-state index is 0.0904. The third kappa shape index (κ3) is 5.83. The van der Waals surface area contributed by atoms with Crippen molar-refractivity contribution in [2.45, 2.75) is 51.4 Å². The maximum atomic E-state index is 12.0. The molecule has 30 heavy (non-hydrogen) atoms. The number of benzene rings is 1. The first kappa shape index (κ1) is 22.8. The Morgan fingerprint density at radius 2 is 2.00 bits per heavy atom. The number of carbonyl (C=O) groups excluding carboxylic acids is 1. The van der Waals surface area contributed by atoms with Crippen LogP contribution in [-0.2, 0) is 4.74 Å². The van der Waals surface area contributed by atoms with Crippen molar-refractivity contribution in [1.29, 1.82) is 0 Å². The number of pyridine rings is 1. The monoisotopic (exact) mass is 479 g/mol. The van der Waals surface area contributed by atoms with Gasteiger partial charge in [0, 0.05) is 47.2 Å². The van der Waals surface area contributed by atoms with Gasteiger partial charge in [0.1, 0.15) is 5.60 Å². The molecule has 0 bridgehead atoms. The van der Waals surface area contributed by atoms with Crippen LogP contribution < -0.4 is 10.1 Å². The number of β-amino-alcohol motifs (C(OH)–C–C–N with tert-alkyl or cyclic N) is 1. The third-order valence-electron chi connectivity index (χ3n) is 5.12. The van der Waals surface area contributed by atoms with Crippen LogP contribution in [0.1, 0.15) is 45.3 Å². The summed E-state index contributed by atoms with van der Waals surface area (Å²) in [5.41, 5.74) is 1.01. The number of methoxy groups -OCH3 is 1. The Labute approximate surface area is 185 Å². The second-order valence-corrected chi connectivity index (χ2v) is 9.48. The van der Waals surface area contributed by atoms with Gasteiger partial charge in [0.25, 0.3) is 0 Å². The van der Waals surface area contributed by atoms with Crippen LogP contribution in [0.2, 0.25) is 0 Å². The highest BCUT2D eigenvalue weighted by atomic mass is 79.9. The normalized spacial score (nSPS) is 17.0. The number of aliphatic hydroxyl groups excluding tert-OH is 1. The average molecular weight is 480 g/mol. The fraction of sp³-hybridized carbons (Fsp3) is 0.545. The number of aromatic nitrogens is 1. The zero-order valence-electron chi connectivity index (χ0n) is 17.9. The average Bonchev–Trinajstić information content (AvgIpc) is 2.68. The van der Waals surface area contributed by atoms with Gasteiger partial charge in [-0.1, -0.05) is 22.0 Å². The van der Waals surface area contributed by atoms with E-state index in [1.54, 1.807) is 7.11 Å². The van der Waals surface area contributed by atoms with Crippen molar-refractivity contribution in [3.63, 3.8) is 0 Å². The van der Waals surface area contributed by atoms with Crippen molar-refractivity contribution in [2.24, 2.45) is 0 Å². The second kappa shape index (κ2) is 9.49. The molecule has 1 saturated heterocycles. The Hall–Kier alpha value is -1.90. The lowest BCUT2D eigenvalue weighted by Crippen LogP contribution is -2.46. The highest BCUT2D eigenvalue weighted by Crippen LogP contribution is 2.31. The van der Waals surface area contributed by atoms with E-state index >= 15 is 0 Å². The molecule has 164 valence electrons. The van der Waals surface area contributed by atoms with Crippen LogP contribution in [0.5, 0.6) is 5.88 Å². The molecule has 0 saturated carbocycles. The summed E-state index contributed by atoms with van der Waals surface area (Å²) in [6.45, 7) is 7.66.